The van der Waals surface area contributed by atoms with Crippen LogP contribution in [0.25, 0.3) is 0 Å². The summed E-state index contributed by atoms with van der Waals surface area (Å²) in [7, 11) is 0. The van der Waals surface area contributed by atoms with Gasteiger partial charge in [0.1, 0.15) is 3.74 Å². The first kappa shape index (κ1) is 8.92. The van der Waals surface area contributed by atoms with Crippen LogP contribution < -0.4 is 0 Å². The van der Waals surface area contributed by atoms with Crippen molar-refractivity contribution in [2.45, 2.75) is 3.74 Å². The third kappa shape index (κ3) is 2.41. The zero-order valence-corrected chi connectivity index (χ0v) is 8.10. The molecule has 0 bridgehead atoms. The van der Waals surface area contributed by atoms with Crippen LogP contribution in [0, 0.1) is 12.2 Å². The second-order valence-corrected chi connectivity index (χ2v) is 4.59. The average molecular weight is 289 g/mol. The summed E-state index contributed by atoms with van der Waals surface area (Å²) in [4.78, 5) is 9.14. The van der Waals surface area contributed by atoms with Gasteiger partial charge in [-0.15, -0.1) is 0 Å². The van der Waals surface area contributed by atoms with Crippen LogP contribution >= 0.6 is 31.9 Å². The maximum absolute atomic E-state index is 12.2. The molecule has 7 heteroatoms. The van der Waals surface area contributed by atoms with E-state index in [1.54, 1.807) is 0 Å². The van der Waals surface area contributed by atoms with Gasteiger partial charge in [-0.2, -0.15) is 23.7 Å². The molecule has 1 rings (SSSR count). The maximum atomic E-state index is 12.2. The second kappa shape index (κ2) is 3.48. The lowest BCUT2D eigenvalue weighted by atomic mass is 10.7. The Morgan fingerprint density at radius 2 is 1.45 bits per heavy atom. The molecule has 0 N–H and O–H groups in total. The Hall–Kier alpha value is -0.170. The van der Waals surface area contributed by atoms with E-state index in [1.165, 1.54) is 0 Å². The lowest BCUT2D eigenvalue weighted by Crippen LogP contribution is -2.03. The van der Waals surface area contributed by atoms with Gasteiger partial charge < -0.3 is 0 Å². The quantitative estimate of drug-likeness (QED) is 0.742. The van der Waals surface area contributed by atoms with Crippen molar-refractivity contribution in [1.29, 1.82) is 0 Å². The molecule has 11 heavy (non-hydrogen) atoms. The molecular weight excluding hydrogens is 288 g/mol. The van der Waals surface area contributed by atoms with Gasteiger partial charge in [0.05, 0.1) is 0 Å². The zero-order chi connectivity index (χ0) is 8.43. The van der Waals surface area contributed by atoms with Gasteiger partial charge in [-0.25, -0.2) is 0 Å². The van der Waals surface area contributed by atoms with Gasteiger partial charge in [-0.3, -0.25) is 0 Å². The molecule has 0 aromatic carbocycles. The van der Waals surface area contributed by atoms with E-state index < -0.39 is 15.9 Å². The maximum Gasteiger partial charge on any atom is 0.314 e. The Morgan fingerprint density at radius 1 is 1.00 bits per heavy atom. The first-order valence-corrected chi connectivity index (χ1v) is 4.28. The van der Waals surface area contributed by atoms with E-state index in [0.29, 0.717) is 0 Å². The molecule has 0 aliphatic heterocycles. The molecule has 0 aliphatic rings. The largest absolute Gasteiger partial charge is 0.314 e. The Bertz CT molecular complexity index is 247. The number of rotatable bonds is 1. The van der Waals surface area contributed by atoms with Gasteiger partial charge in [-0.05, 0) is 0 Å². The van der Waals surface area contributed by atoms with Gasteiger partial charge >= 0.3 is 12.2 Å². The summed E-state index contributed by atoms with van der Waals surface area (Å²) in [5.41, 5.74) is 0. The molecular formula is C4HBr2F2N3. The molecule has 0 radical (unpaired) electrons. The first-order valence-electron chi connectivity index (χ1n) is 2.44. The fraction of sp³-hybridized carbons (Fsp3) is 0.250. The topological polar surface area (TPSA) is 38.7 Å². The number of hydrogen-bond acceptors (Lipinski definition) is 3. The minimum absolute atomic E-state index is 0.0324. The minimum atomic E-state index is -1.13. The predicted octanol–water partition coefficient (Wildman–Crippen LogP) is 1.94. The van der Waals surface area contributed by atoms with E-state index in [1.807, 2.05) is 0 Å². The van der Waals surface area contributed by atoms with Crippen LogP contribution in [0.2, 0.25) is 0 Å². The summed E-state index contributed by atoms with van der Waals surface area (Å²) in [6, 6.07) is 0. The van der Waals surface area contributed by atoms with Gasteiger partial charge in [0.15, 0.2) is 5.82 Å². The van der Waals surface area contributed by atoms with Crippen LogP contribution in [0.3, 0.4) is 0 Å². The van der Waals surface area contributed by atoms with Crippen LogP contribution in [0.1, 0.15) is 9.56 Å². The Balaban J connectivity index is 3.08. The summed E-state index contributed by atoms with van der Waals surface area (Å²) in [6.07, 6.45) is -2.26. The normalized spacial score (nSPS) is 10.6. The monoisotopic (exact) mass is 287 g/mol. The summed E-state index contributed by atoms with van der Waals surface area (Å²) in [5, 5.41) is 0. The molecule has 0 fully saturated rings. The smallest absolute Gasteiger partial charge is 0.185 e. The van der Waals surface area contributed by atoms with Crippen molar-refractivity contribution in [2.24, 2.45) is 0 Å². The molecule has 0 atom stereocenters. The molecule has 0 aliphatic carbocycles. The van der Waals surface area contributed by atoms with Crippen LogP contribution in [-0.2, 0) is 0 Å². The molecule has 0 saturated heterocycles. The summed E-state index contributed by atoms with van der Waals surface area (Å²) in [5.74, 6) is -0.0324. The zero-order valence-electron chi connectivity index (χ0n) is 4.93. The van der Waals surface area contributed by atoms with Gasteiger partial charge in [0, 0.05) is 0 Å². The molecule has 0 unspecified atom stereocenters. The standard InChI is InChI=1S/C4HBr2F2N3/c5-1(6)2-9-3(7)11-4(8)10-2/h1H. The number of nitrogens with zero attached hydrogens (tertiary/aromatic N) is 3. The molecule has 0 spiro atoms. The van der Waals surface area contributed by atoms with Crippen molar-refractivity contribution in [1.82, 2.24) is 15.0 Å². The van der Waals surface area contributed by atoms with Crippen molar-refractivity contribution >= 4 is 31.9 Å². The molecule has 0 saturated carbocycles. The van der Waals surface area contributed by atoms with Crippen molar-refractivity contribution in [3.63, 3.8) is 0 Å². The average Bonchev–Trinajstić information content (AvgIpc) is 1.85. The van der Waals surface area contributed by atoms with E-state index in [-0.39, 0.29) is 5.82 Å². The molecule has 0 amide bonds. The predicted molar refractivity (Wildman–Crippen MR) is 40.3 cm³/mol. The van der Waals surface area contributed by atoms with Crippen molar-refractivity contribution < 1.29 is 8.78 Å². The second-order valence-electron chi connectivity index (χ2n) is 1.53. The Labute approximate surface area is 77.5 Å². The molecule has 3 nitrogen and oxygen atoms in total. The lowest BCUT2D eigenvalue weighted by molar-refractivity contribution is 0.448. The van der Waals surface area contributed by atoms with E-state index in [9.17, 15) is 8.78 Å². The number of hydrogen-bond donors (Lipinski definition) is 0. The highest BCUT2D eigenvalue weighted by Crippen LogP contribution is 2.25. The van der Waals surface area contributed by atoms with Crippen molar-refractivity contribution in [3.8, 4) is 0 Å². The highest BCUT2D eigenvalue weighted by atomic mass is 79.9. The summed E-state index contributed by atoms with van der Waals surface area (Å²) >= 11 is 5.96. The summed E-state index contributed by atoms with van der Waals surface area (Å²) < 4.78 is 24.0. The van der Waals surface area contributed by atoms with E-state index in [4.69, 9.17) is 0 Å². The van der Waals surface area contributed by atoms with E-state index in [2.05, 4.69) is 46.8 Å². The Morgan fingerprint density at radius 3 is 1.82 bits per heavy atom. The molecule has 1 heterocycles. The number of halogens is 4. The van der Waals surface area contributed by atoms with Crippen LogP contribution in [0.5, 0.6) is 0 Å². The first-order chi connectivity index (χ1) is 5.09. The third-order valence-corrected chi connectivity index (χ3v) is 1.61. The number of aromatic nitrogens is 3. The van der Waals surface area contributed by atoms with Crippen molar-refractivity contribution in [2.75, 3.05) is 0 Å². The van der Waals surface area contributed by atoms with Crippen molar-refractivity contribution in [3.05, 3.63) is 18.0 Å². The highest BCUT2D eigenvalue weighted by Gasteiger charge is 2.10. The number of alkyl halides is 2. The van der Waals surface area contributed by atoms with Gasteiger partial charge in [0.25, 0.3) is 0 Å². The fourth-order valence-corrected chi connectivity index (χ4v) is 0.847. The van der Waals surface area contributed by atoms with Gasteiger partial charge in [0.2, 0.25) is 0 Å². The Kier molecular flexibility index (Phi) is 2.83. The lowest BCUT2D eigenvalue weighted by Gasteiger charge is -1.97. The van der Waals surface area contributed by atoms with E-state index in [0.717, 1.165) is 0 Å². The summed E-state index contributed by atoms with van der Waals surface area (Å²) in [6.45, 7) is 0. The minimum Gasteiger partial charge on any atom is -0.185 e. The SMILES string of the molecule is Fc1nc(F)nc(C(Br)Br)n1. The third-order valence-electron chi connectivity index (χ3n) is 0.793. The van der Waals surface area contributed by atoms with Crippen LogP contribution in [0.4, 0.5) is 8.78 Å². The molecule has 1 aromatic rings. The fourth-order valence-electron chi connectivity index (χ4n) is 0.438. The molecule has 60 valence electrons. The van der Waals surface area contributed by atoms with Crippen LogP contribution in [0.15, 0.2) is 0 Å². The van der Waals surface area contributed by atoms with Gasteiger partial charge in [-0.1, -0.05) is 31.9 Å². The van der Waals surface area contributed by atoms with Crippen LogP contribution in [-0.4, -0.2) is 15.0 Å². The highest BCUT2D eigenvalue weighted by molar-refractivity contribution is 9.24. The molecule has 1 aromatic heterocycles. The van der Waals surface area contributed by atoms with E-state index >= 15 is 0 Å².